The van der Waals surface area contributed by atoms with Crippen LogP contribution in [0.1, 0.15) is 11.9 Å². The van der Waals surface area contributed by atoms with Crippen molar-refractivity contribution in [1.29, 1.82) is 0 Å². The zero-order valence-corrected chi connectivity index (χ0v) is 6.64. The second-order valence-electron chi connectivity index (χ2n) is 2.75. The zero-order chi connectivity index (χ0) is 8.39. The highest BCUT2D eigenvalue weighted by Crippen LogP contribution is 2.25. The molecule has 1 aliphatic rings. The van der Waals surface area contributed by atoms with Crippen LogP contribution < -0.4 is 0 Å². The topological polar surface area (TPSA) is 18.5 Å². The van der Waals surface area contributed by atoms with Gasteiger partial charge in [0.25, 0.3) is 0 Å². The largest absolute Gasteiger partial charge is 0.346 e. The van der Waals surface area contributed by atoms with Gasteiger partial charge in [0.05, 0.1) is 12.7 Å². The highest BCUT2D eigenvalue weighted by Gasteiger charge is 2.23. The number of rotatable bonds is 1. The number of hydrogen-bond donors (Lipinski definition) is 0. The predicted molar refractivity (Wildman–Crippen MR) is 44.3 cm³/mol. The molecule has 0 spiro atoms. The summed E-state index contributed by atoms with van der Waals surface area (Å²) in [6.45, 7) is 5.99. The van der Waals surface area contributed by atoms with Crippen LogP contribution in [0.4, 0.5) is 0 Å². The molecule has 1 fully saturated rings. The van der Waals surface area contributed by atoms with Gasteiger partial charge in [0.2, 0.25) is 0 Å². The summed E-state index contributed by atoms with van der Waals surface area (Å²) in [5, 5.41) is 0. The van der Waals surface area contributed by atoms with Crippen LogP contribution in [0.15, 0.2) is 30.3 Å². The van der Waals surface area contributed by atoms with Crippen LogP contribution in [-0.4, -0.2) is 12.7 Å². The highest BCUT2D eigenvalue weighted by molar-refractivity contribution is 5.16. The monoisotopic (exact) mass is 162 g/mol. The van der Waals surface area contributed by atoms with Gasteiger partial charge in [0.1, 0.15) is 0 Å². The van der Waals surface area contributed by atoms with Gasteiger partial charge >= 0.3 is 0 Å². The Morgan fingerprint density at radius 3 is 2.58 bits per heavy atom. The van der Waals surface area contributed by atoms with Crippen molar-refractivity contribution in [3.05, 3.63) is 42.8 Å². The van der Waals surface area contributed by atoms with Crippen LogP contribution in [0.5, 0.6) is 0 Å². The van der Waals surface area contributed by atoms with Crippen molar-refractivity contribution in [1.82, 2.24) is 0 Å². The van der Waals surface area contributed by atoms with Crippen molar-refractivity contribution >= 4 is 0 Å². The Morgan fingerprint density at radius 1 is 1.25 bits per heavy atom. The van der Waals surface area contributed by atoms with E-state index in [1.54, 1.807) is 0 Å². The Hall–Kier alpha value is -0.860. The van der Waals surface area contributed by atoms with E-state index in [9.17, 15) is 0 Å². The Balaban J connectivity index is 2.11. The molecule has 2 rings (SSSR count). The summed E-state index contributed by atoms with van der Waals surface area (Å²) in [6, 6.07) is 9.78. The van der Waals surface area contributed by atoms with E-state index in [-0.39, 0.29) is 12.4 Å². The fourth-order valence-corrected chi connectivity index (χ4v) is 1.20. The molecule has 12 heavy (non-hydrogen) atoms. The van der Waals surface area contributed by atoms with Crippen LogP contribution >= 0.6 is 0 Å². The van der Waals surface area contributed by atoms with Gasteiger partial charge in [-0.3, -0.25) is 0 Å². The standard InChI is InChI=1S/C10H10O2/c1-8-7-11-10(12-8)9-5-3-2-4-6-9/h1-6,8,10H,7H2. The SMILES string of the molecule is [CH]C1COC(c2ccccc2)O1. The van der Waals surface area contributed by atoms with E-state index in [0.29, 0.717) is 6.61 Å². The quantitative estimate of drug-likeness (QED) is 0.627. The van der Waals surface area contributed by atoms with E-state index >= 15 is 0 Å². The Kier molecular flexibility index (Phi) is 2.11. The van der Waals surface area contributed by atoms with Gasteiger partial charge in [-0.2, -0.15) is 0 Å². The molecule has 2 radical (unpaired) electrons. The number of hydrogen-bond acceptors (Lipinski definition) is 2. The molecular weight excluding hydrogens is 152 g/mol. The fraction of sp³-hybridized carbons (Fsp3) is 0.300. The minimum atomic E-state index is -0.282. The van der Waals surface area contributed by atoms with Crippen LogP contribution in [0.3, 0.4) is 0 Å². The smallest absolute Gasteiger partial charge is 0.184 e. The summed E-state index contributed by atoms with van der Waals surface area (Å²) in [6.07, 6.45) is -0.559. The zero-order valence-electron chi connectivity index (χ0n) is 6.64. The Labute approximate surface area is 72.1 Å². The summed E-state index contributed by atoms with van der Waals surface area (Å²) in [7, 11) is 0. The first kappa shape index (κ1) is 7.77. The molecule has 62 valence electrons. The van der Waals surface area contributed by atoms with Crippen molar-refractivity contribution in [3.63, 3.8) is 0 Å². The van der Waals surface area contributed by atoms with Gasteiger partial charge in [0.15, 0.2) is 6.29 Å². The minimum absolute atomic E-state index is 0.277. The lowest BCUT2D eigenvalue weighted by molar-refractivity contribution is -0.0537. The third kappa shape index (κ3) is 1.49. The average molecular weight is 162 g/mol. The summed E-state index contributed by atoms with van der Waals surface area (Å²) in [5.74, 6) is 0. The van der Waals surface area contributed by atoms with Crippen molar-refractivity contribution < 1.29 is 9.47 Å². The molecule has 0 bridgehead atoms. The minimum Gasteiger partial charge on any atom is -0.346 e. The Bertz CT molecular complexity index is 245. The first-order chi connectivity index (χ1) is 5.86. The molecule has 1 aromatic carbocycles. The highest BCUT2D eigenvalue weighted by atomic mass is 16.7. The first-order valence-electron chi connectivity index (χ1n) is 3.94. The van der Waals surface area contributed by atoms with Crippen LogP contribution in [0, 0.1) is 6.92 Å². The number of ether oxygens (including phenoxy) is 2. The lowest BCUT2D eigenvalue weighted by Crippen LogP contribution is -2.02. The maximum atomic E-state index is 5.52. The maximum Gasteiger partial charge on any atom is 0.184 e. The van der Waals surface area contributed by atoms with Gasteiger partial charge < -0.3 is 9.47 Å². The molecule has 2 heteroatoms. The molecule has 1 saturated heterocycles. The third-order valence-corrected chi connectivity index (χ3v) is 1.78. The molecule has 1 aromatic rings. The maximum absolute atomic E-state index is 5.52. The van der Waals surface area contributed by atoms with Crippen molar-refractivity contribution in [2.24, 2.45) is 0 Å². The molecule has 0 N–H and O–H groups in total. The molecule has 0 amide bonds. The van der Waals surface area contributed by atoms with Crippen LogP contribution in [0.25, 0.3) is 0 Å². The van der Waals surface area contributed by atoms with Crippen molar-refractivity contribution in [2.75, 3.05) is 6.61 Å². The summed E-state index contributed by atoms with van der Waals surface area (Å²) in [5.41, 5.74) is 1.02. The van der Waals surface area contributed by atoms with E-state index in [4.69, 9.17) is 16.4 Å². The van der Waals surface area contributed by atoms with E-state index in [1.165, 1.54) is 0 Å². The molecule has 2 unspecified atom stereocenters. The predicted octanol–water partition coefficient (Wildman–Crippen LogP) is 1.81. The van der Waals surface area contributed by atoms with Gasteiger partial charge in [-0.1, -0.05) is 30.3 Å². The molecule has 0 aromatic heterocycles. The van der Waals surface area contributed by atoms with E-state index in [1.807, 2.05) is 30.3 Å². The van der Waals surface area contributed by atoms with Gasteiger partial charge in [0, 0.05) is 5.56 Å². The second-order valence-corrected chi connectivity index (χ2v) is 2.75. The Morgan fingerprint density at radius 2 is 2.00 bits per heavy atom. The van der Waals surface area contributed by atoms with Crippen molar-refractivity contribution in [3.8, 4) is 0 Å². The number of benzene rings is 1. The molecule has 0 aliphatic carbocycles. The van der Waals surface area contributed by atoms with Gasteiger partial charge in [-0.15, -0.1) is 0 Å². The van der Waals surface area contributed by atoms with Crippen molar-refractivity contribution in [2.45, 2.75) is 12.4 Å². The van der Waals surface area contributed by atoms with Crippen LogP contribution in [0.2, 0.25) is 0 Å². The molecule has 1 heterocycles. The second kappa shape index (κ2) is 3.25. The molecule has 2 nitrogen and oxygen atoms in total. The fourth-order valence-electron chi connectivity index (χ4n) is 1.20. The molecule has 1 aliphatic heterocycles. The van der Waals surface area contributed by atoms with Gasteiger partial charge in [-0.05, 0) is 6.92 Å². The van der Waals surface area contributed by atoms with Crippen LogP contribution in [-0.2, 0) is 9.47 Å². The average Bonchev–Trinajstić information content (AvgIpc) is 2.54. The van der Waals surface area contributed by atoms with E-state index < -0.39 is 0 Å². The summed E-state index contributed by atoms with van der Waals surface area (Å²) in [4.78, 5) is 0. The third-order valence-electron chi connectivity index (χ3n) is 1.78. The lowest BCUT2D eigenvalue weighted by Gasteiger charge is -2.08. The summed E-state index contributed by atoms with van der Waals surface area (Å²) >= 11 is 0. The molecular formula is C10H10O2. The normalized spacial score (nSPS) is 29.1. The first-order valence-corrected chi connectivity index (χ1v) is 3.94. The van der Waals surface area contributed by atoms with Gasteiger partial charge in [-0.25, -0.2) is 0 Å². The van der Waals surface area contributed by atoms with E-state index in [2.05, 4.69) is 0 Å². The lowest BCUT2D eigenvalue weighted by atomic mass is 10.2. The molecule has 2 atom stereocenters. The molecule has 0 saturated carbocycles. The van der Waals surface area contributed by atoms with E-state index in [0.717, 1.165) is 5.56 Å². The summed E-state index contributed by atoms with van der Waals surface area (Å²) < 4.78 is 10.6.